The number of amides is 1. The Morgan fingerprint density at radius 1 is 0.875 bits per heavy atom. The molecule has 3 N–H and O–H groups in total. The Bertz CT molecular complexity index is 1270. The minimum atomic E-state index is -4.56. The summed E-state index contributed by atoms with van der Waals surface area (Å²) in [5.74, 6) is -2.00. The van der Waals surface area contributed by atoms with E-state index in [0.29, 0.717) is 0 Å². The molecule has 0 aliphatic rings. The lowest BCUT2D eigenvalue weighted by Crippen LogP contribution is -2.17. The van der Waals surface area contributed by atoms with Gasteiger partial charge >= 0.3 is 12.1 Å². The number of alkyl halides is 3. The highest BCUT2D eigenvalue weighted by molar-refractivity contribution is 7.92. The summed E-state index contributed by atoms with van der Waals surface area (Å²) in [6, 6.07) is 14.0. The molecule has 32 heavy (non-hydrogen) atoms. The van der Waals surface area contributed by atoms with Crippen LogP contribution in [0.2, 0.25) is 0 Å². The van der Waals surface area contributed by atoms with E-state index < -0.39 is 33.6 Å². The number of nitrogens with one attached hydrogen (secondary N) is 2. The highest BCUT2D eigenvalue weighted by Gasteiger charge is 2.30. The van der Waals surface area contributed by atoms with Gasteiger partial charge in [0.1, 0.15) is 0 Å². The first-order chi connectivity index (χ1) is 15.0. The number of hydrogen-bond acceptors (Lipinski definition) is 4. The lowest BCUT2D eigenvalue weighted by molar-refractivity contribution is -0.137. The molecule has 0 atom stereocenters. The number of halogens is 3. The SMILES string of the molecule is O=C(Nc1ccccc1C(=O)O)c1cccc(S(=O)(=O)Nc2ccc(C(F)(F)F)cc2)c1. The minimum absolute atomic E-state index is 0.0288. The second-order valence-corrected chi connectivity index (χ2v) is 8.20. The summed E-state index contributed by atoms with van der Waals surface area (Å²) in [5.41, 5.74) is -1.21. The summed E-state index contributed by atoms with van der Waals surface area (Å²) in [7, 11) is -4.22. The average molecular weight is 464 g/mol. The molecular formula is C21H15F3N2O5S. The van der Waals surface area contributed by atoms with E-state index in [1.54, 1.807) is 0 Å². The summed E-state index contributed by atoms with van der Waals surface area (Å²) in [5, 5.41) is 11.6. The van der Waals surface area contributed by atoms with E-state index in [-0.39, 0.29) is 27.4 Å². The number of aromatic carboxylic acids is 1. The van der Waals surface area contributed by atoms with Crippen molar-refractivity contribution < 1.29 is 36.3 Å². The fourth-order valence-electron chi connectivity index (χ4n) is 2.72. The average Bonchev–Trinajstić information content (AvgIpc) is 2.73. The zero-order valence-corrected chi connectivity index (χ0v) is 16.9. The molecular weight excluding hydrogens is 449 g/mol. The molecule has 0 aliphatic carbocycles. The molecule has 0 bridgehead atoms. The molecule has 0 saturated carbocycles. The fraction of sp³-hybridized carbons (Fsp3) is 0.0476. The quantitative estimate of drug-likeness (QED) is 0.499. The van der Waals surface area contributed by atoms with Gasteiger partial charge in [-0.15, -0.1) is 0 Å². The maximum atomic E-state index is 12.7. The third-order valence-electron chi connectivity index (χ3n) is 4.28. The number of carbonyl (C=O) groups excluding carboxylic acids is 1. The molecule has 0 aliphatic heterocycles. The highest BCUT2D eigenvalue weighted by Crippen LogP contribution is 2.30. The Hall–Kier alpha value is -3.86. The normalized spacial score (nSPS) is 11.6. The smallest absolute Gasteiger partial charge is 0.416 e. The summed E-state index contributed by atoms with van der Waals surface area (Å²) >= 11 is 0. The molecule has 3 rings (SSSR count). The van der Waals surface area contributed by atoms with Crippen molar-refractivity contribution in [3.8, 4) is 0 Å². The third-order valence-corrected chi connectivity index (χ3v) is 5.66. The first-order valence-corrected chi connectivity index (χ1v) is 10.4. The van der Waals surface area contributed by atoms with Crippen molar-refractivity contribution >= 4 is 33.3 Å². The molecule has 7 nitrogen and oxygen atoms in total. The number of benzene rings is 3. The Morgan fingerprint density at radius 3 is 2.16 bits per heavy atom. The van der Waals surface area contributed by atoms with Gasteiger partial charge in [-0.2, -0.15) is 13.2 Å². The minimum Gasteiger partial charge on any atom is -0.478 e. The molecule has 3 aromatic carbocycles. The van der Waals surface area contributed by atoms with Crippen molar-refractivity contribution in [3.63, 3.8) is 0 Å². The fourth-order valence-corrected chi connectivity index (χ4v) is 3.82. The first-order valence-electron chi connectivity index (χ1n) is 8.91. The van der Waals surface area contributed by atoms with Crippen LogP contribution in [-0.4, -0.2) is 25.4 Å². The van der Waals surface area contributed by atoms with Gasteiger partial charge in [-0.3, -0.25) is 9.52 Å². The molecule has 3 aromatic rings. The molecule has 166 valence electrons. The van der Waals surface area contributed by atoms with E-state index in [1.807, 2.05) is 0 Å². The van der Waals surface area contributed by atoms with Gasteiger partial charge in [0, 0.05) is 11.3 Å². The maximum Gasteiger partial charge on any atom is 0.416 e. The Morgan fingerprint density at radius 2 is 1.53 bits per heavy atom. The van der Waals surface area contributed by atoms with Crippen LogP contribution in [0.15, 0.2) is 77.7 Å². The molecule has 0 fully saturated rings. The van der Waals surface area contributed by atoms with Crippen molar-refractivity contribution in [1.29, 1.82) is 0 Å². The standard InChI is InChI=1S/C21H15F3N2O5S/c22-21(23,24)14-8-10-15(11-9-14)26-32(30,31)16-5-3-4-13(12-16)19(27)25-18-7-2-1-6-17(18)20(28)29/h1-12,26H,(H,25,27)(H,28,29). The van der Waals surface area contributed by atoms with Crippen LogP contribution in [0.4, 0.5) is 24.5 Å². The first kappa shape index (κ1) is 22.8. The molecule has 0 heterocycles. The summed E-state index contributed by atoms with van der Waals surface area (Å²) in [6.45, 7) is 0. The second-order valence-electron chi connectivity index (χ2n) is 6.51. The van der Waals surface area contributed by atoms with Gasteiger partial charge in [0.05, 0.1) is 21.7 Å². The predicted octanol–water partition coefficient (Wildman–Crippen LogP) is 4.46. The molecule has 1 amide bonds. The van der Waals surface area contributed by atoms with E-state index in [0.717, 1.165) is 30.3 Å². The molecule has 0 radical (unpaired) electrons. The van der Waals surface area contributed by atoms with E-state index in [4.69, 9.17) is 0 Å². The molecule has 0 spiro atoms. The molecule has 0 saturated heterocycles. The third kappa shape index (κ3) is 5.24. The maximum absolute atomic E-state index is 12.7. The van der Waals surface area contributed by atoms with Crippen LogP contribution >= 0.6 is 0 Å². The predicted molar refractivity (Wildman–Crippen MR) is 110 cm³/mol. The van der Waals surface area contributed by atoms with Gasteiger partial charge in [-0.05, 0) is 54.6 Å². The number of hydrogen-bond donors (Lipinski definition) is 3. The largest absolute Gasteiger partial charge is 0.478 e. The topological polar surface area (TPSA) is 113 Å². The van der Waals surface area contributed by atoms with Crippen molar-refractivity contribution in [2.75, 3.05) is 10.0 Å². The highest BCUT2D eigenvalue weighted by atomic mass is 32.2. The van der Waals surface area contributed by atoms with Crippen LogP contribution in [-0.2, 0) is 16.2 Å². The van der Waals surface area contributed by atoms with Crippen LogP contribution < -0.4 is 10.0 Å². The molecule has 0 unspecified atom stereocenters. The molecule has 0 aromatic heterocycles. The van der Waals surface area contributed by atoms with Crippen LogP contribution in [0.1, 0.15) is 26.3 Å². The van der Waals surface area contributed by atoms with E-state index in [1.165, 1.54) is 42.5 Å². The summed E-state index contributed by atoms with van der Waals surface area (Å²) in [6.07, 6.45) is -4.56. The Kier molecular flexibility index (Phi) is 6.21. The van der Waals surface area contributed by atoms with Crippen molar-refractivity contribution in [2.45, 2.75) is 11.1 Å². The van der Waals surface area contributed by atoms with Crippen LogP contribution in [0.25, 0.3) is 0 Å². The van der Waals surface area contributed by atoms with Crippen molar-refractivity contribution in [3.05, 3.63) is 89.5 Å². The number of carboxylic acids is 1. The van der Waals surface area contributed by atoms with Gasteiger partial charge in [-0.1, -0.05) is 18.2 Å². The Labute approximate surface area is 180 Å². The monoisotopic (exact) mass is 464 g/mol. The van der Waals surface area contributed by atoms with E-state index in [9.17, 15) is 36.3 Å². The van der Waals surface area contributed by atoms with Gasteiger partial charge in [0.15, 0.2) is 0 Å². The molecule has 11 heteroatoms. The van der Waals surface area contributed by atoms with Crippen molar-refractivity contribution in [2.24, 2.45) is 0 Å². The van der Waals surface area contributed by atoms with Crippen LogP contribution in [0.3, 0.4) is 0 Å². The number of para-hydroxylation sites is 1. The van der Waals surface area contributed by atoms with Gasteiger partial charge < -0.3 is 10.4 Å². The van der Waals surface area contributed by atoms with Crippen LogP contribution in [0, 0.1) is 0 Å². The van der Waals surface area contributed by atoms with Crippen molar-refractivity contribution in [1.82, 2.24) is 0 Å². The zero-order valence-electron chi connectivity index (χ0n) is 16.1. The number of carbonyl (C=O) groups is 2. The van der Waals surface area contributed by atoms with E-state index in [2.05, 4.69) is 10.0 Å². The number of rotatable bonds is 6. The number of carboxylic acid groups (broad SMARTS) is 1. The van der Waals surface area contributed by atoms with Gasteiger partial charge in [0.25, 0.3) is 15.9 Å². The second kappa shape index (κ2) is 8.71. The van der Waals surface area contributed by atoms with Gasteiger partial charge in [0.2, 0.25) is 0 Å². The zero-order chi connectivity index (χ0) is 23.5. The number of sulfonamides is 1. The summed E-state index contributed by atoms with van der Waals surface area (Å²) in [4.78, 5) is 23.5. The lowest BCUT2D eigenvalue weighted by Gasteiger charge is -2.12. The lowest BCUT2D eigenvalue weighted by atomic mass is 10.1. The van der Waals surface area contributed by atoms with Gasteiger partial charge in [-0.25, -0.2) is 13.2 Å². The van der Waals surface area contributed by atoms with Crippen LogP contribution in [0.5, 0.6) is 0 Å². The number of anilines is 2. The Balaban J connectivity index is 1.82. The van der Waals surface area contributed by atoms with E-state index >= 15 is 0 Å². The summed E-state index contributed by atoms with van der Waals surface area (Å²) < 4.78 is 65.4.